The van der Waals surface area contributed by atoms with Crippen LogP contribution in [0.4, 0.5) is 0 Å². The van der Waals surface area contributed by atoms with E-state index in [1.54, 1.807) is 30.3 Å². The molecule has 1 N–H and O–H groups in total. The molecule has 3 rings (SSSR count). The fraction of sp³-hybridized carbons (Fsp3) is 0.190. The van der Waals surface area contributed by atoms with E-state index < -0.39 is 0 Å². The SMILES string of the molecule is CCOc1ccc(-c2ccc(=O)n(CCNC(=O)c3ccc(Cl)cc3)n2)cc1. The highest BCUT2D eigenvalue weighted by atomic mass is 35.5. The number of rotatable bonds is 7. The normalized spacial score (nSPS) is 10.5. The molecule has 0 aliphatic heterocycles. The van der Waals surface area contributed by atoms with E-state index in [-0.39, 0.29) is 24.6 Å². The van der Waals surface area contributed by atoms with Crippen LogP contribution in [0.2, 0.25) is 5.02 Å². The van der Waals surface area contributed by atoms with Gasteiger partial charge in [0.05, 0.1) is 18.8 Å². The standard InChI is InChI=1S/C21H20ClN3O3/c1-2-28-18-9-5-15(6-10-18)19-11-12-20(26)25(24-19)14-13-23-21(27)16-3-7-17(22)8-4-16/h3-12H,2,13-14H2,1H3,(H,23,27). The Morgan fingerprint density at radius 1 is 1.07 bits per heavy atom. The second kappa shape index (κ2) is 9.19. The maximum Gasteiger partial charge on any atom is 0.266 e. The molecule has 0 atom stereocenters. The van der Waals surface area contributed by atoms with Gasteiger partial charge in [-0.25, -0.2) is 4.68 Å². The van der Waals surface area contributed by atoms with Gasteiger partial charge in [0.15, 0.2) is 0 Å². The van der Waals surface area contributed by atoms with Crippen molar-refractivity contribution in [2.24, 2.45) is 0 Å². The Kier molecular flexibility index (Phi) is 6.45. The number of nitrogens with zero attached hydrogens (tertiary/aromatic N) is 2. The number of carbonyl (C=O) groups excluding carboxylic acids is 1. The van der Waals surface area contributed by atoms with E-state index >= 15 is 0 Å². The molecule has 28 heavy (non-hydrogen) atoms. The van der Waals surface area contributed by atoms with Gasteiger partial charge in [0.25, 0.3) is 11.5 Å². The molecule has 0 aliphatic carbocycles. The first-order valence-corrected chi connectivity index (χ1v) is 9.30. The highest BCUT2D eigenvalue weighted by Crippen LogP contribution is 2.19. The van der Waals surface area contributed by atoms with Gasteiger partial charge in [-0.05, 0) is 61.5 Å². The summed E-state index contributed by atoms with van der Waals surface area (Å²) in [5.41, 5.74) is 1.83. The number of hydrogen-bond donors (Lipinski definition) is 1. The van der Waals surface area contributed by atoms with Crippen LogP contribution in [0.25, 0.3) is 11.3 Å². The van der Waals surface area contributed by atoms with Crippen LogP contribution in [-0.4, -0.2) is 28.8 Å². The molecule has 1 amide bonds. The Labute approximate surface area is 167 Å². The van der Waals surface area contributed by atoms with Crippen molar-refractivity contribution < 1.29 is 9.53 Å². The van der Waals surface area contributed by atoms with Gasteiger partial charge in [0, 0.05) is 28.8 Å². The number of hydrogen-bond acceptors (Lipinski definition) is 4. The second-order valence-corrected chi connectivity index (χ2v) is 6.44. The summed E-state index contributed by atoms with van der Waals surface area (Å²) in [4.78, 5) is 24.2. The fourth-order valence-electron chi connectivity index (χ4n) is 2.63. The van der Waals surface area contributed by atoms with Crippen molar-refractivity contribution in [3.63, 3.8) is 0 Å². The lowest BCUT2D eigenvalue weighted by Gasteiger charge is -2.09. The molecule has 3 aromatic rings. The summed E-state index contributed by atoms with van der Waals surface area (Å²) in [6.07, 6.45) is 0. The number of nitrogens with one attached hydrogen (secondary N) is 1. The van der Waals surface area contributed by atoms with E-state index in [4.69, 9.17) is 16.3 Å². The molecule has 0 fully saturated rings. The van der Waals surface area contributed by atoms with E-state index in [1.807, 2.05) is 31.2 Å². The van der Waals surface area contributed by atoms with Crippen LogP contribution in [0.5, 0.6) is 5.75 Å². The van der Waals surface area contributed by atoms with Crippen molar-refractivity contribution in [1.29, 1.82) is 0 Å². The first kappa shape index (κ1) is 19.6. The second-order valence-electron chi connectivity index (χ2n) is 6.00. The number of amides is 1. The van der Waals surface area contributed by atoms with Gasteiger partial charge in [-0.3, -0.25) is 9.59 Å². The Hall–Kier alpha value is -3.12. The van der Waals surface area contributed by atoms with Crippen LogP contribution >= 0.6 is 11.6 Å². The number of aromatic nitrogens is 2. The molecule has 0 radical (unpaired) electrons. The highest BCUT2D eigenvalue weighted by molar-refractivity contribution is 6.30. The topological polar surface area (TPSA) is 73.2 Å². The molecular formula is C21H20ClN3O3. The lowest BCUT2D eigenvalue weighted by molar-refractivity contribution is 0.0951. The Bertz CT molecular complexity index is 999. The summed E-state index contributed by atoms with van der Waals surface area (Å²) in [7, 11) is 0. The quantitative estimate of drug-likeness (QED) is 0.663. The van der Waals surface area contributed by atoms with Crippen LogP contribution in [0.1, 0.15) is 17.3 Å². The molecule has 7 heteroatoms. The zero-order valence-corrected chi connectivity index (χ0v) is 16.1. The van der Waals surface area contributed by atoms with Crippen LogP contribution < -0.4 is 15.6 Å². The van der Waals surface area contributed by atoms with Gasteiger partial charge in [-0.1, -0.05) is 11.6 Å². The molecule has 2 aromatic carbocycles. The number of carbonyl (C=O) groups is 1. The summed E-state index contributed by atoms with van der Waals surface area (Å²) < 4.78 is 6.78. The molecule has 0 bridgehead atoms. The zero-order valence-electron chi connectivity index (χ0n) is 15.4. The maximum atomic E-state index is 12.1. The molecule has 144 valence electrons. The van der Waals surface area contributed by atoms with Gasteiger partial charge in [-0.15, -0.1) is 0 Å². The minimum atomic E-state index is -0.229. The summed E-state index contributed by atoms with van der Waals surface area (Å²) in [5.74, 6) is 0.553. The smallest absolute Gasteiger partial charge is 0.266 e. The molecule has 0 saturated heterocycles. The van der Waals surface area contributed by atoms with Gasteiger partial charge >= 0.3 is 0 Å². The predicted molar refractivity (Wildman–Crippen MR) is 109 cm³/mol. The minimum Gasteiger partial charge on any atom is -0.494 e. The van der Waals surface area contributed by atoms with Crippen molar-refractivity contribution in [3.8, 4) is 17.0 Å². The summed E-state index contributed by atoms with van der Waals surface area (Å²) in [6, 6.07) is 17.3. The molecule has 0 spiro atoms. The lowest BCUT2D eigenvalue weighted by atomic mass is 10.1. The van der Waals surface area contributed by atoms with Crippen LogP contribution in [0.15, 0.2) is 65.5 Å². The van der Waals surface area contributed by atoms with E-state index in [9.17, 15) is 9.59 Å². The Morgan fingerprint density at radius 3 is 2.46 bits per heavy atom. The minimum absolute atomic E-state index is 0.226. The third-order valence-electron chi connectivity index (χ3n) is 4.04. The monoisotopic (exact) mass is 397 g/mol. The molecular weight excluding hydrogens is 378 g/mol. The third kappa shape index (κ3) is 4.98. The van der Waals surface area contributed by atoms with Crippen molar-refractivity contribution in [2.75, 3.05) is 13.2 Å². The number of ether oxygens (including phenoxy) is 1. The lowest BCUT2D eigenvalue weighted by Crippen LogP contribution is -2.31. The third-order valence-corrected chi connectivity index (χ3v) is 4.30. The van der Waals surface area contributed by atoms with Gasteiger partial charge in [0.2, 0.25) is 0 Å². The summed E-state index contributed by atoms with van der Waals surface area (Å²) in [5, 5.41) is 7.74. The average Bonchev–Trinajstić information content (AvgIpc) is 2.71. The van der Waals surface area contributed by atoms with E-state index in [1.165, 1.54) is 10.7 Å². The van der Waals surface area contributed by atoms with E-state index in [0.717, 1.165) is 11.3 Å². The molecule has 6 nitrogen and oxygen atoms in total. The zero-order chi connectivity index (χ0) is 19.9. The Balaban J connectivity index is 1.65. The van der Waals surface area contributed by atoms with Crippen molar-refractivity contribution in [1.82, 2.24) is 15.1 Å². The largest absolute Gasteiger partial charge is 0.494 e. The molecule has 0 unspecified atom stereocenters. The van der Waals surface area contributed by atoms with Gasteiger partial charge in [-0.2, -0.15) is 5.10 Å². The molecule has 1 aromatic heterocycles. The van der Waals surface area contributed by atoms with Crippen LogP contribution in [-0.2, 0) is 6.54 Å². The van der Waals surface area contributed by atoms with Crippen molar-refractivity contribution >= 4 is 17.5 Å². The first-order chi connectivity index (χ1) is 13.6. The van der Waals surface area contributed by atoms with Crippen molar-refractivity contribution in [3.05, 3.63) is 81.6 Å². The van der Waals surface area contributed by atoms with Gasteiger partial charge < -0.3 is 10.1 Å². The number of halogens is 1. The van der Waals surface area contributed by atoms with E-state index in [2.05, 4.69) is 10.4 Å². The fourth-order valence-corrected chi connectivity index (χ4v) is 2.76. The molecule has 1 heterocycles. The highest BCUT2D eigenvalue weighted by Gasteiger charge is 2.07. The van der Waals surface area contributed by atoms with E-state index in [0.29, 0.717) is 22.9 Å². The van der Waals surface area contributed by atoms with Crippen LogP contribution in [0.3, 0.4) is 0 Å². The average molecular weight is 398 g/mol. The van der Waals surface area contributed by atoms with Gasteiger partial charge in [0.1, 0.15) is 5.75 Å². The Morgan fingerprint density at radius 2 is 1.79 bits per heavy atom. The van der Waals surface area contributed by atoms with Crippen LogP contribution in [0, 0.1) is 0 Å². The maximum absolute atomic E-state index is 12.1. The number of benzene rings is 2. The summed E-state index contributed by atoms with van der Waals surface area (Å²) in [6.45, 7) is 3.07. The summed E-state index contributed by atoms with van der Waals surface area (Å²) >= 11 is 5.82. The van der Waals surface area contributed by atoms with Crippen molar-refractivity contribution in [2.45, 2.75) is 13.5 Å². The molecule has 0 saturated carbocycles. The first-order valence-electron chi connectivity index (χ1n) is 8.92. The predicted octanol–water partition coefficient (Wildman–Crippen LogP) is 3.39. The molecule has 0 aliphatic rings.